The van der Waals surface area contributed by atoms with E-state index in [0.717, 1.165) is 22.5 Å². The summed E-state index contributed by atoms with van der Waals surface area (Å²) in [5.74, 6) is -1.78. The lowest BCUT2D eigenvalue weighted by molar-refractivity contribution is -0.387. The summed E-state index contributed by atoms with van der Waals surface area (Å²) in [5, 5.41) is 12.0. The van der Waals surface area contributed by atoms with Gasteiger partial charge >= 0.3 is 12.3 Å². The standard InChI is InChI=1S/C19H13F3N4O3/c20-13-7-18(29-19(21)22)17(8-16(13)26(27)28)25-6-5-15(24-10-25)12-9-23-14-4-2-1-3-11(12)14/h1-9,19,23H,10H2. The molecule has 0 spiro atoms. The van der Waals surface area contributed by atoms with Crippen molar-refractivity contribution in [2.45, 2.75) is 6.61 Å². The van der Waals surface area contributed by atoms with Crippen LogP contribution in [0, 0.1) is 15.9 Å². The molecule has 10 heteroatoms. The third kappa shape index (κ3) is 3.51. The Bertz CT molecular complexity index is 1160. The summed E-state index contributed by atoms with van der Waals surface area (Å²) in [6.45, 7) is -3.23. The summed E-state index contributed by atoms with van der Waals surface area (Å²) >= 11 is 0. The number of ether oxygens (including phenoxy) is 1. The van der Waals surface area contributed by atoms with Crippen LogP contribution in [0.5, 0.6) is 5.75 Å². The van der Waals surface area contributed by atoms with Crippen molar-refractivity contribution in [2.24, 2.45) is 4.99 Å². The Morgan fingerprint density at radius 1 is 1.28 bits per heavy atom. The van der Waals surface area contributed by atoms with E-state index in [1.54, 1.807) is 12.3 Å². The van der Waals surface area contributed by atoms with Gasteiger partial charge in [0.25, 0.3) is 0 Å². The fourth-order valence-corrected chi connectivity index (χ4v) is 3.11. The number of hydrogen-bond acceptors (Lipinski definition) is 5. The molecule has 7 nitrogen and oxygen atoms in total. The van der Waals surface area contributed by atoms with Crippen LogP contribution >= 0.6 is 0 Å². The van der Waals surface area contributed by atoms with Crippen LogP contribution in [-0.4, -0.2) is 28.9 Å². The monoisotopic (exact) mass is 402 g/mol. The molecule has 3 aromatic rings. The number of alkyl halides is 2. The van der Waals surface area contributed by atoms with Crippen LogP contribution in [-0.2, 0) is 0 Å². The number of fused-ring (bicyclic) bond motifs is 1. The SMILES string of the molecule is O=[N+]([O-])c1cc(N2C=CC(c3c[nH]c4ccccc34)=NC2)c(OC(F)F)cc1F. The number of aliphatic imine (C=N–C) groups is 1. The fourth-order valence-electron chi connectivity index (χ4n) is 3.11. The van der Waals surface area contributed by atoms with Crippen molar-refractivity contribution in [3.05, 3.63) is 76.4 Å². The van der Waals surface area contributed by atoms with E-state index >= 15 is 0 Å². The highest BCUT2D eigenvalue weighted by Gasteiger charge is 2.24. The average Bonchev–Trinajstić information content (AvgIpc) is 3.12. The van der Waals surface area contributed by atoms with Gasteiger partial charge in [-0.15, -0.1) is 0 Å². The minimum Gasteiger partial charge on any atom is -0.432 e. The number of allylic oxidation sites excluding steroid dienone is 1. The molecule has 0 saturated heterocycles. The summed E-state index contributed by atoms with van der Waals surface area (Å²) < 4.78 is 43.6. The molecule has 2 aromatic carbocycles. The van der Waals surface area contributed by atoms with Gasteiger partial charge < -0.3 is 14.6 Å². The number of nitrogens with one attached hydrogen (secondary N) is 1. The lowest BCUT2D eigenvalue weighted by atomic mass is 10.1. The van der Waals surface area contributed by atoms with Gasteiger partial charge in [-0.25, -0.2) is 0 Å². The molecule has 148 valence electrons. The first kappa shape index (κ1) is 18.5. The van der Waals surface area contributed by atoms with Crippen molar-refractivity contribution in [3.63, 3.8) is 0 Å². The van der Waals surface area contributed by atoms with Crippen LogP contribution in [0.25, 0.3) is 10.9 Å². The van der Waals surface area contributed by atoms with Crippen LogP contribution in [0.15, 0.2) is 59.9 Å². The molecule has 0 fully saturated rings. The molecule has 1 N–H and O–H groups in total. The molecule has 0 radical (unpaired) electrons. The Hall–Kier alpha value is -3.82. The molecule has 1 aliphatic rings. The first-order valence-electron chi connectivity index (χ1n) is 8.42. The highest BCUT2D eigenvalue weighted by atomic mass is 19.3. The number of nitrogens with zero attached hydrogens (tertiary/aromatic N) is 3. The van der Waals surface area contributed by atoms with Crippen LogP contribution < -0.4 is 9.64 Å². The van der Waals surface area contributed by atoms with Gasteiger partial charge in [0.15, 0.2) is 5.75 Å². The lowest BCUT2D eigenvalue weighted by Gasteiger charge is -2.24. The normalized spacial score (nSPS) is 13.8. The number of hydrogen-bond donors (Lipinski definition) is 1. The third-order valence-electron chi connectivity index (χ3n) is 4.42. The van der Waals surface area contributed by atoms with Gasteiger partial charge in [0.2, 0.25) is 5.82 Å². The smallest absolute Gasteiger partial charge is 0.387 e. The Morgan fingerprint density at radius 3 is 2.76 bits per heavy atom. The Morgan fingerprint density at radius 2 is 2.07 bits per heavy atom. The molecule has 29 heavy (non-hydrogen) atoms. The molecule has 0 saturated carbocycles. The minimum atomic E-state index is -3.21. The minimum absolute atomic E-state index is 0.0201. The van der Waals surface area contributed by atoms with Gasteiger partial charge in [-0.1, -0.05) is 18.2 Å². The van der Waals surface area contributed by atoms with Gasteiger partial charge in [0, 0.05) is 41.0 Å². The molecule has 0 amide bonds. The second kappa shape index (κ2) is 7.30. The van der Waals surface area contributed by atoms with E-state index in [0.29, 0.717) is 11.8 Å². The molecule has 4 rings (SSSR count). The number of benzene rings is 2. The first-order valence-corrected chi connectivity index (χ1v) is 8.42. The van der Waals surface area contributed by atoms with Gasteiger partial charge in [-0.3, -0.25) is 15.1 Å². The summed E-state index contributed by atoms with van der Waals surface area (Å²) in [5.41, 5.74) is 1.50. The Labute approximate surface area is 161 Å². The van der Waals surface area contributed by atoms with Crippen molar-refractivity contribution in [1.82, 2.24) is 4.98 Å². The van der Waals surface area contributed by atoms with Crippen molar-refractivity contribution in [1.29, 1.82) is 0 Å². The van der Waals surface area contributed by atoms with Crippen molar-refractivity contribution < 1.29 is 22.8 Å². The molecular formula is C19H13F3N4O3. The largest absolute Gasteiger partial charge is 0.432 e. The topological polar surface area (TPSA) is 83.8 Å². The zero-order valence-electron chi connectivity index (χ0n) is 14.7. The molecule has 1 aromatic heterocycles. The van der Waals surface area contributed by atoms with E-state index in [1.165, 1.54) is 11.1 Å². The predicted octanol–water partition coefficient (Wildman–Crippen LogP) is 4.60. The average molecular weight is 402 g/mol. The van der Waals surface area contributed by atoms with Crippen molar-refractivity contribution >= 4 is 28.0 Å². The number of aromatic amines is 1. The molecule has 0 unspecified atom stereocenters. The van der Waals surface area contributed by atoms with Crippen molar-refractivity contribution in [2.75, 3.05) is 11.6 Å². The second-order valence-corrected chi connectivity index (χ2v) is 6.13. The highest BCUT2D eigenvalue weighted by molar-refractivity contribution is 6.16. The maximum absolute atomic E-state index is 13.9. The molecule has 0 aliphatic carbocycles. The predicted molar refractivity (Wildman–Crippen MR) is 101 cm³/mol. The van der Waals surface area contributed by atoms with E-state index in [-0.39, 0.29) is 12.4 Å². The lowest BCUT2D eigenvalue weighted by Crippen LogP contribution is -2.23. The van der Waals surface area contributed by atoms with Crippen LogP contribution in [0.1, 0.15) is 5.56 Å². The molecule has 1 aliphatic heterocycles. The van der Waals surface area contributed by atoms with Crippen LogP contribution in [0.4, 0.5) is 24.5 Å². The number of H-pyrrole nitrogens is 1. The number of rotatable bonds is 5. The zero-order chi connectivity index (χ0) is 20.5. The Kier molecular flexibility index (Phi) is 4.67. The van der Waals surface area contributed by atoms with Gasteiger partial charge in [0.05, 0.1) is 16.3 Å². The van der Waals surface area contributed by atoms with E-state index in [9.17, 15) is 23.3 Å². The molecule has 0 bridgehead atoms. The maximum atomic E-state index is 13.9. The van der Waals surface area contributed by atoms with Gasteiger partial charge in [-0.05, 0) is 12.1 Å². The number of anilines is 1. The summed E-state index contributed by atoms with van der Waals surface area (Å²) in [6, 6.07) is 9.07. The number of para-hydroxylation sites is 1. The van der Waals surface area contributed by atoms with Crippen LogP contribution in [0.2, 0.25) is 0 Å². The van der Waals surface area contributed by atoms with E-state index in [4.69, 9.17) is 0 Å². The molecular weight excluding hydrogens is 389 g/mol. The number of aromatic nitrogens is 1. The second-order valence-electron chi connectivity index (χ2n) is 6.13. The van der Waals surface area contributed by atoms with Gasteiger partial charge in [0.1, 0.15) is 6.67 Å². The first-order chi connectivity index (χ1) is 13.9. The zero-order valence-corrected chi connectivity index (χ0v) is 14.7. The Balaban J connectivity index is 1.68. The summed E-state index contributed by atoms with van der Waals surface area (Å²) in [7, 11) is 0. The highest BCUT2D eigenvalue weighted by Crippen LogP contribution is 2.36. The van der Waals surface area contributed by atoms with E-state index in [2.05, 4.69) is 14.7 Å². The maximum Gasteiger partial charge on any atom is 0.387 e. The third-order valence-corrected chi connectivity index (χ3v) is 4.42. The summed E-state index contributed by atoms with van der Waals surface area (Å²) in [6.07, 6.45) is 4.97. The van der Waals surface area contributed by atoms with E-state index in [1.807, 2.05) is 24.3 Å². The number of nitro groups is 1. The fraction of sp³-hybridized carbons (Fsp3) is 0.105. The molecule has 0 atom stereocenters. The van der Waals surface area contributed by atoms with E-state index < -0.39 is 28.8 Å². The number of nitro benzene ring substituents is 1. The quantitative estimate of drug-likeness (QED) is 0.500. The van der Waals surface area contributed by atoms with Crippen molar-refractivity contribution in [3.8, 4) is 5.75 Å². The van der Waals surface area contributed by atoms with Gasteiger partial charge in [-0.2, -0.15) is 13.2 Å². The molecule has 2 heterocycles. The summed E-state index contributed by atoms with van der Waals surface area (Å²) in [4.78, 5) is 19.0. The van der Waals surface area contributed by atoms with Crippen LogP contribution in [0.3, 0.4) is 0 Å². The number of halogens is 3.